The number of anilines is 2. The summed E-state index contributed by atoms with van der Waals surface area (Å²) in [6, 6.07) is 1.82. The maximum atomic E-state index is 5.83. The smallest absolute Gasteiger partial charge is 0.138 e. The molecule has 4 heteroatoms. The fourth-order valence-electron chi connectivity index (χ4n) is 2.08. The molecule has 1 aliphatic rings. The second-order valence-corrected chi connectivity index (χ2v) is 6.26. The van der Waals surface area contributed by atoms with E-state index in [4.69, 9.17) is 5.73 Å². The van der Waals surface area contributed by atoms with Crippen molar-refractivity contribution in [1.29, 1.82) is 0 Å². The maximum Gasteiger partial charge on any atom is 0.138 e. The molecule has 2 rings (SSSR count). The van der Waals surface area contributed by atoms with Gasteiger partial charge >= 0.3 is 0 Å². The SMILES string of the molecule is CC(C)(C)c1nc(N)cc(NCCC2CCC2)n1. The molecule has 1 heterocycles. The third-order valence-electron chi connectivity index (χ3n) is 3.50. The summed E-state index contributed by atoms with van der Waals surface area (Å²) in [6.45, 7) is 7.27. The molecule has 1 saturated carbocycles. The number of nitrogens with two attached hydrogens (primary N) is 1. The number of aromatic nitrogens is 2. The van der Waals surface area contributed by atoms with Crippen molar-refractivity contribution in [2.45, 2.75) is 51.9 Å². The molecule has 0 unspecified atom stereocenters. The standard InChI is InChI=1S/C14H24N4/c1-14(2,3)13-17-11(15)9-12(18-13)16-8-7-10-5-4-6-10/h9-10H,4-8H2,1-3H3,(H3,15,16,17,18). The lowest BCUT2D eigenvalue weighted by molar-refractivity contribution is 0.303. The molecule has 0 amide bonds. The molecule has 1 aliphatic carbocycles. The highest BCUT2D eigenvalue weighted by Crippen LogP contribution is 2.29. The lowest BCUT2D eigenvalue weighted by Crippen LogP contribution is -2.19. The lowest BCUT2D eigenvalue weighted by atomic mass is 9.83. The van der Waals surface area contributed by atoms with Crippen LogP contribution in [0.2, 0.25) is 0 Å². The van der Waals surface area contributed by atoms with Gasteiger partial charge in [-0.25, -0.2) is 9.97 Å². The molecule has 1 aromatic rings. The van der Waals surface area contributed by atoms with Gasteiger partial charge in [-0.15, -0.1) is 0 Å². The van der Waals surface area contributed by atoms with Gasteiger partial charge in [-0.3, -0.25) is 0 Å². The van der Waals surface area contributed by atoms with Crippen LogP contribution in [0.3, 0.4) is 0 Å². The molecule has 1 fully saturated rings. The van der Waals surface area contributed by atoms with Gasteiger partial charge in [0.05, 0.1) is 0 Å². The summed E-state index contributed by atoms with van der Waals surface area (Å²) in [5.74, 6) is 3.11. The quantitative estimate of drug-likeness (QED) is 0.860. The monoisotopic (exact) mass is 248 g/mol. The molecule has 0 atom stereocenters. The van der Waals surface area contributed by atoms with Crippen LogP contribution >= 0.6 is 0 Å². The van der Waals surface area contributed by atoms with Crippen LogP contribution in [0.25, 0.3) is 0 Å². The van der Waals surface area contributed by atoms with E-state index in [0.717, 1.165) is 24.1 Å². The molecule has 0 aliphatic heterocycles. The second kappa shape index (κ2) is 5.12. The first-order valence-corrected chi connectivity index (χ1v) is 6.84. The van der Waals surface area contributed by atoms with Crippen molar-refractivity contribution < 1.29 is 0 Å². The predicted molar refractivity (Wildman–Crippen MR) is 75.6 cm³/mol. The van der Waals surface area contributed by atoms with Crippen molar-refractivity contribution in [2.24, 2.45) is 5.92 Å². The second-order valence-electron chi connectivity index (χ2n) is 6.26. The maximum absolute atomic E-state index is 5.83. The first kappa shape index (κ1) is 13.1. The van der Waals surface area contributed by atoms with Crippen molar-refractivity contribution in [1.82, 2.24) is 9.97 Å². The van der Waals surface area contributed by atoms with Crippen LogP contribution in [-0.4, -0.2) is 16.5 Å². The van der Waals surface area contributed by atoms with Gasteiger partial charge in [0.15, 0.2) is 0 Å². The Bertz CT molecular complexity index is 405. The Morgan fingerprint density at radius 3 is 2.61 bits per heavy atom. The van der Waals surface area contributed by atoms with E-state index in [2.05, 4.69) is 36.1 Å². The van der Waals surface area contributed by atoms with Gasteiger partial charge in [0.25, 0.3) is 0 Å². The molecular weight excluding hydrogens is 224 g/mol. The lowest BCUT2D eigenvalue weighted by Gasteiger charge is -2.25. The molecule has 4 nitrogen and oxygen atoms in total. The summed E-state index contributed by atoms with van der Waals surface area (Å²) in [7, 11) is 0. The Hall–Kier alpha value is -1.32. The van der Waals surface area contributed by atoms with Crippen LogP contribution in [0.15, 0.2) is 6.07 Å². The average molecular weight is 248 g/mol. The number of hydrogen-bond acceptors (Lipinski definition) is 4. The van der Waals surface area contributed by atoms with Crippen molar-refractivity contribution in [3.05, 3.63) is 11.9 Å². The van der Waals surface area contributed by atoms with E-state index in [1.54, 1.807) is 0 Å². The van der Waals surface area contributed by atoms with Gasteiger partial charge in [-0.1, -0.05) is 40.0 Å². The Morgan fingerprint density at radius 2 is 2.06 bits per heavy atom. The van der Waals surface area contributed by atoms with Crippen molar-refractivity contribution >= 4 is 11.6 Å². The van der Waals surface area contributed by atoms with Gasteiger partial charge in [0.1, 0.15) is 17.5 Å². The molecular formula is C14H24N4. The Balaban J connectivity index is 1.96. The van der Waals surface area contributed by atoms with Gasteiger partial charge in [-0.05, 0) is 12.3 Å². The Morgan fingerprint density at radius 1 is 1.33 bits per heavy atom. The van der Waals surface area contributed by atoms with Crippen LogP contribution in [0.5, 0.6) is 0 Å². The van der Waals surface area contributed by atoms with Crippen LogP contribution < -0.4 is 11.1 Å². The van der Waals surface area contributed by atoms with Gasteiger partial charge < -0.3 is 11.1 Å². The minimum absolute atomic E-state index is 0.0697. The number of nitrogens with zero attached hydrogens (tertiary/aromatic N) is 2. The van der Waals surface area contributed by atoms with Crippen LogP contribution in [0.4, 0.5) is 11.6 Å². The zero-order chi connectivity index (χ0) is 13.2. The normalized spacial score (nSPS) is 16.4. The number of hydrogen-bond donors (Lipinski definition) is 2. The molecule has 18 heavy (non-hydrogen) atoms. The van der Waals surface area contributed by atoms with Crippen LogP contribution in [0.1, 0.15) is 52.3 Å². The molecule has 0 radical (unpaired) electrons. The van der Waals surface area contributed by atoms with E-state index < -0.39 is 0 Å². The summed E-state index contributed by atoms with van der Waals surface area (Å²) in [6.07, 6.45) is 5.41. The highest BCUT2D eigenvalue weighted by molar-refractivity contribution is 5.45. The molecule has 0 aromatic carbocycles. The Kier molecular flexibility index (Phi) is 3.73. The molecule has 100 valence electrons. The van der Waals surface area contributed by atoms with Crippen LogP contribution in [-0.2, 0) is 5.41 Å². The summed E-state index contributed by atoms with van der Waals surface area (Å²) in [4.78, 5) is 8.85. The van der Waals surface area contributed by atoms with Crippen molar-refractivity contribution in [3.8, 4) is 0 Å². The minimum Gasteiger partial charge on any atom is -0.384 e. The third-order valence-corrected chi connectivity index (χ3v) is 3.50. The van der Waals surface area contributed by atoms with E-state index in [1.165, 1.54) is 25.7 Å². The minimum atomic E-state index is -0.0697. The molecule has 0 saturated heterocycles. The van der Waals surface area contributed by atoms with E-state index >= 15 is 0 Å². The van der Waals surface area contributed by atoms with E-state index in [-0.39, 0.29) is 5.41 Å². The summed E-state index contributed by atoms with van der Waals surface area (Å²) in [5.41, 5.74) is 5.76. The predicted octanol–water partition coefficient (Wildman–Crippen LogP) is 2.96. The topological polar surface area (TPSA) is 63.8 Å². The first-order valence-electron chi connectivity index (χ1n) is 6.84. The van der Waals surface area contributed by atoms with E-state index in [9.17, 15) is 0 Å². The first-order chi connectivity index (χ1) is 8.45. The number of nitrogen functional groups attached to an aromatic ring is 1. The number of rotatable bonds is 4. The number of nitrogens with one attached hydrogen (secondary N) is 1. The van der Waals surface area contributed by atoms with E-state index in [1.807, 2.05) is 6.07 Å². The highest BCUT2D eigenvalue weighted by Gasteiger charge is 2.19. The molecule has 0 bridgehead atoms. The molecule has 1 aromatic heterocycles. The summed E-state index contributed by atoms with van der Waals surface area (Å²) in [5, 5.41) is 3.37. The van der Waals surface area contributed by atoms with Crippen molar-refractivity contribution in [3.63, 3.8) is 0 Å². The fraction of sp³-hybridized carbons (Fsp3) is 0.714. The zero-order valence-electron chi connectivity index (χ0n) is 11.7. The molecule has 3 N–H and O–H groups in total. The largest absolute Gasteiger partial charge is 0.384 e. The third kappa shape index (κ3) is 3.34. The fourth-order valence-corrected chi connectivity index (χ4v) is 2.08. The Labute approximate surface area is 109 Å². The van der Waals surface area contributed by atoms with Gasteiger partial charge in [0, 0.05) is 18.0 Å². The van der Waals surface area contributed by atoms with E-state index in [0.29, 0.717) is 5.82 Å². The van der Waals surface area contributed by atoms with Crippen LogP contribution in [0, 0.1) is 5.92 Å². The average Bonchev–Trinajstić information content (AvgIpc) is 2.20. The molecule has 0 spiro atoms. The van der Waals surface area contributed by atoms with Crippen molar-refractivity contribution in [2.75, 3.05) is 17.6 Å². The van der Waals surface area contributed by atoms with Gasteiger partial charge in [-0.2, -0.15) is 0 Å². The summed E-state index contributed by atoms with van der Waals surface area (Å²) >= 11 is 0. The summed E-state index contributed by atoms with van der Waals surface area (Å²) < 4.78 is 0. The van der Waals surface area contributed by atoms with Gasteiger partial charge in [0.2, 0.25) is 0 Å². The highest BCUT2D eigenvalue weighted by atomic mass is 15.1. The zero-order valence-corrected chi connectivity index (χ0v) is 11.7.